The summed E-state index contributed by atoms with van der Waals surface area (Å²) in [5, 5.41) is 19.1. The molecule has 0 aliphatic carbocycles. The number of likely N-dealkylation sites (N-methyl/N-ethyl adjacent to an activating group) is 2. The van der Waals surface area contributed by atoms with E-state index in [1.165, 1.54) is 6.07 Å². The Morgan fingerprint density at radius 2 is 2.27 bits per heavy atom. The van der Waals surface area contributed by atoms with Crippen LogP contribution >= 0.6 is 0 Å². The number of nitrogens with one attached hydrogen (secondary N) is 1. The number of hydrogen-bond donors (Lipinski definition) is 2. The van der Waals surface area contributed by atoms with Gasteiger partial charge in [-0.2, -0.15) is 0 Å². The third-order valence-electron chi connectivity index (χ3n) is 1.96. The van der Waals surface area contributed by atoms with Gasteiger partial charge in [-0.15, -0.1) is 10.2 Å². The second kappa shape index (κ2) is 5.26. The van der Waals surface area contributed by atoms with E-state index < -0.39 is 5.97 Å². The molecular formula is C9H14N4O2. The van der Waals surface area contributed by atoms with Gasteiger partial charge in [-0.05, 0) is 19.2 Å². The molecule has 0 atom stereocenters. The molecule has 2 N–H and O–H groups in total. The molecule has 0 bridgehead atoms. The molecule has 6 heteroatoms. The summed E-state index contributed by atoms with van der Waals surface area (Å²) < 4.78 is 0. The van der Waals surface area contributed by atoms with Crippen molar-refractivity contribution in [1.29, 1.82) is 0 Å². The van der Waals surface area contributed by atoms with Crippen molar-refractivity contribution in [3.63, 3.8) is 0 Å². The average molecular weight is 210 g/mol. The lowest BCUT2D eigenvalue weighted by atomic mass is 10.4. The molecule has 6 nitrogen and oxygen atoms in total. The molecule has 1 heterocycles. The number of carboxylic acid groups (broad SMARTS) is 1. The van der Waals surface area contributed by atoms with Crippen molar-refractivity contribution in [1.82, 2.24) is 15.5 Å². The minimum absolute atomic E-state index is 0.0410. The fourth-order valence-electron chi connectivity index (χ4n) is 1.04. The molecule has 0 aromatic carbocycles. The van der Waals surface area contributed by atoms with Crippen LogP contribution in [-0.4, -0.2) is 48.5 Å². The maximum absolute atomic E-state index is 10.5. The molecule has 0 spiro atoms. The van der Waals surface area contributed by atoms with Crippen molar-refractivity contribution < 1.29 is 9.90 Å². The van der Waals surface area contributed by atoms with Gasteiger partial charge in [0.25, 0.3) is 0 Å². The lowest BCUT2D eigenvalue weighted by Crippen LogP contribution is -2.28. The van der Waals surface area contributed by atoms with E-state index in [0.717, 1.165) is 13.1 Å². The lowest BCUT2D eigenvalue weighted by Gasteiger charge is -2.16. The van der Waals surface area contributed by atoms with Gasteiger partial charge in [-0.3, -0.25) is 0 Å². The molecule has 1 aromatic heterocycles. The van der Waals surface area contributed by atoms with E-state index in [1.807, 2.05) is 19.0 Å². The molecule has 0 radical (unpaired) electrons. The van der Waals surface area contributed by atoms with Gasteiger partial charge >= 0.3 is 5.97 Å². The second-order valence-electron chi connectivity index (χ2n) is 3.11. The van der Waals surface area contributed by atoms with Gasteiger partial charge in [-0.1, -0.05) is 0 Å². The molecule has 0 amide bonds. The Morgan fingerprint density at radius 1 is 1.53 bits per heavy atom. The van der Waals surface area contributed by atoms with Crippen LogP contribution in [0.3, 0.4) is 0 Å². The van der Waals surface area contributed by atoms with E-state index in [1.54, 1.807) is 6.07 Å². The first-order valence-electron chi connectivity index (χ1n) is 4.58. The Hall–Kier alpha value is -1.69. The third-order valence-corrected chi connectivity index (χ3v) is 1.96. The van der Waals surface area contributed by atoms with E-state index in [2.05, 4.69) is 15.5 Å². The van der Waals surface area contributed by atoms with Gasteiger partial charge in [0.05, 0.1) is 0 Å². The van der Waals surface area contributed by atoms with Crippen LogP contribution in [0, 0.1) is 0 Å². The normalized spacial score (nSPS) is 10.0. The van der Waals surface area contributed by atoms with Crippen LogP contribution in [0.1, 0.15) is 10.5 Å². The highest BCUT2D eigenvalue weighted by molar-refractivity contribution is 5.85. The number of nitrogens with zero attached hydrogens (tertiary/aromatic N) is 3. The van der Waals surface area contributed by atoms with Crippen molar-refractivity contribution in [2.45, 2.75) is 0 Å². The van der Waals surface area contributed by atoms with Crippen LogP contribution < -0.4 is 10.2 Å². The van der Waals surface area contributed by atoms with Gasteiger partial charge in [0.15, 0.2) is 11.5 Å². The molecule has 0 aliphatic heterocycles. The molecule has 0 saturated carbocycles. The van der Waals surface area contributed by atoms with E-state index in [9.17, 15) is 4.79 Å². The summed E-state index contributed by atoms with van der Waals surface area (Å²) in [5.74, 6) is -0.401. The van der Waals surface area contributed by atoms with Crippen molar-refractivity contribution in [2.75, 3.05) is 32.1 Å². The molecular weight excluding hydrogens is 196 g/mol. The maximum Gasteiger partial charge on any atom is 0.356 e. The maximum atomic E-state index is 10.5. The monoisotopic (exact) mass is 210 g/mol. The molecule has 0 unspecified atom stereocenters. The summed E-state index contributed by atoms with van der Waals surface area (Å²) in [7, 11) is 3.74. The highest BCUT2D eigenvalue weighted by Crippen LogP contribution is 2.06. The summed E-state index contributed by atoms with van der Waals surface area (Å²) in [5.41, 5.74) is -0.0410. The van der Waals surface area contributed by atoms with Crippen molar-refractivity contribution in [3.05, 3.63) is 17.8 Å². The Labute approximate surface area is 87.9 Å². The molecule has 0 fully saturated rings. The molecule has 0 saturated heterocycles. The Balaban J connectivity index is 2.66. The van der Waals surface area contributed by atoms with Crippen molar-refractivity contribution >= 4 is 11.8 Å². The average Bonchev–Trinajstić information content (AvgIpc) is 2.26. The van der Waals surface area contributed by atoms with Crippen molar-refractivity contribution in [3.8, 4) is 0 Å². The van der Waals surface area contributed by atoms with Crippen LogP contribution in [0.2, 0.25) is 0 Å². The number of anilines is 1. The smallest absolute Gasteiger partial charge is 0.356 e. The molecule has 1 aromatic rings. The topological polar surface area (TPSA) is 78.4 Å². The third kappa shape index (κ3) is 3.17. The first-order valence-corrected chi connectivity index (χ1v) is 4.58. The quantitative estimate of drug-likeness (QED) is 0.702. The SMILES string of the molecule is CNCCN(C)c1ccc(C(=O)O)nn1. The van der Waals surface area contributed by atoms with Crippen LogP contribution in [0.5, 0.6) is 0 Å². The number of hydrogen-bond acceptors (Lipinski definition) is 5. The molecule has 1 rings (SSSR count). The standard InChI is InChI=1S/C9H14N4O2/c1-10-5-6-13(2)8-4-3-7(9(14)15)11-12-8/h3-4,10H,5-6H2,1-2H3,(H,14,15). The predicted octanol–water partition coefficient (Wildman–Crippen LogP) is -0.170. The van der Waals surface area contributed by atoms with Gasteiger partial charge < -0.3 is 15.3 Å². The van der Waals surface area contributed by atoms with Crippen LogP contribution in [0.15, 0.2) is 12.1 Å². The number of carbonyl (C=O) groups is 1. The Kier molecular flexibility index (Phi) is 3.99. The second-order valence-corrected chi connectivity index (χ2v) is 3.11. The first-order chi connectivity index (χ1) is 7.15. The lowest BCUT2D eigenvalue weighted by molar-refractivity contribution is 0.0689. The zero-order valence-corrected chi connectivity index (χ0v) is 8.77. The molecule has 15 heavy (non-hydrogen) atoms. The van der Waals surface area contributed by atoms with E-state index >= 15 is 0 Å². The first kappa shape index (κ1) is 11.4. The minimum Gasteiger partial charge on any atom is -0.476 e. The highest BCUT2D eigenvalue weighted by atomic mass is 16.4. The van der Waals surface area contributed by atoms with Crippen LogP contribution in [-0.2, 0) is 0 Å². The highest BCUT2D eigenvalue weighted by Gasteiger charge is 2.07. The van der Waals surface area contributed by atoms with Gasteiger partial charge in [0, 0.05) is 20.1 Å². The largest absolute Gasteiger partial charge is 0.476 e. The number of aromatic carboxylic acids is 1. The summed E-state index contributed by atoms with van der Waals surface area (Å²) in [6.45, 7) is 1.62. The van der Waals surface area contributed by atoms with Gasteiger partial charge in [0.1, 0.15) is 0 Å². The van der Waals surface area contributed by atoms with E-state index in [4.69, 9.17) is 5.11 Å². The van der Waals surface area contributed by atoms with Crippen molar-refractivity contribution in [2.24, 2.45) is 0 Å². The van der Waals surface area contributed by atoms with E-state index in [0.29, 0.717) is 5.82 Å². The number of aromatic nitrogens is 2. The van der Waals surface area contributed by atoms with E-state index in [-0.39, 0.29) is 5.69 Å². The van der Waals surface area contributed by atoms with Gasteiger partial charge in [0.2, 0.25) is 0 Å². The van der Waals surface area contributed by atoms with Crippen LogP contribution in [0.4, 0.5) is 5.82 Å². The summed E-state index contributed by atoms with van der Waals surface area (Å²) in [6, 6.07) is 3.09. The summed E-state index contributed by atoms with van der Waals surface area (Å²) in [6.07, 6.45) is 0. The zero-order chi connectivity index (χ0) is 11.3. The zero-order valence-electron chi connectivity index (χ0n) is 8.77. The molecule has 0 aliphatic rings. The fraction of sp³-hybridized carbons (Fsp3) is 0.444. The Bertz CT molecular complexity index is 325. The Morgan fingerprint density at radius 3 is 2.73 bits per heavy atom. The summed E-state index contributed by atoms with van der Waals surface area (Å²) in [4.78, 5) is 12.4. The fourth-order valence-corrected chi connectivity index (χ4v) is 1.04. The van der Waals surface area contributed by atoms with Crippen LogP contribution in [0.25, 0.3) is 0 Å². The number of rotatable bonds is 5. The minimum atomic E-state index is -1.06. The predicted molar refractivity (Wildman–Crippen MR) is 56.2 cm³/mol. The summed E-state index contributed by atoms with van der Waals surface area (Å²) >= 11 is 0. The molecule has 82 valence electrons. The number of carboxylic acids is 1. The van der Waals surface area contributed by atoms with Gasteiger partial charge in [-0.25, -0.2) is 4.79 Å².